The van der Waals surface area contributed by atoms with Gasteiger partial charge in [-0.05, 0) is 61.3 Å². The SMILES string of the molecule is N#Cc1c2c(c(N3CCC(CCO)C3)n3c1nc1ccccc13)CCC2. The molecule has 3 aromatic rings. The Morgan fingerprint density at radius 1 is 1.23 bits per heavy atom. The molecule has 3 heterocycles. The second kappa shape index (κ2) is 6.00. The standard InChI is InChI=1S/C21H22N4O/c22-12-17-15-4-3-5-16(15)21(24-10-8-14(13-24)9-11-26)25-19-7-2-1-6-18(19)23-20(17)25/h1-2,6-7,14,26H,3-5,8-11,13H2. The highest BCUT2D eigenvalue weighted by Gasteiger charge is 2.31. The third kappa shape index (κ3) is 2.15. The van der Waals surface area contributed by atoms with Crippen molar-refractivity contribution in [1.29, 1.82) is 5.26 Å². The van der Waals surface area contributed by atoms with Gasteiger partial charge in [-0.3, -0.25) is 4.40 Å². The van der Waals surface area contributed by atoms with E-state index in [9.17, 15) is 10.4 Å². The molecule has 1 saturated heterocycles. The first kappa shape index (κ1) is 15.7. The summed E-state index contributed by atoms with van der Waals surface area (Å²) in [5, 5.41) is 19.2. The van der Waals surface area contributed by atoms with E-state index in [1.54, 1.807) is 0 Å². The lowest BCUT2D eigenvalue weighted by Gasteiger charge is -2.24. The fourth-order valence-electron chi connectivity index (χ4n) is 4.84. The number of pyridine rings is 1. The van der Waals surface area contributed by atoms with Crippen LogP contribution in [0.25, 0.3) is 16.7 Å². The van der Waals surface area contributed by atoms with E-state index < -0.39 is 0 Å². The zero-order valence-corrected chi connectivity index (χ0v) is 14.8. The zero-order chi connectivity index (χ0) is 17.7. The highest BCUT2D eigenvalue weighted by molar-refractivity contribution is 5.86. The first-order valence-electron chi connectivity index (χ1n) is 9.52. The van der Waals surface area contributed by atoms with Gasteiger partial charge in [-0.15, -0.1) is 0 Å². The van der Waals surface area contributed by atoms with Crippen LogP contribution in [-0.4, -0.2) is 34.2 Å². The second-order valence-corrected chi connectivity index (χ2v) is 7.49. The number of nitriles is 1. The van der Waals surface area contributed by atoms with E-state index in [-0.39, 0.29) is 6.61 Å². The normalized spacial score (nSPS) is 19.4. The van der Waals surface area contributed by atoms with E-state index in [0.717, 1.165) is 67.4 Å². The van der Waals surface area contributed by atoms with Crippen LogP contribution >= 0.6 is 0 Å². The van der Waals surface area contributed by atoms with Gasteiger partial charge in [0.05, 0.1) is 16.6 Å². The predicted octanol–water partition coefficient (Wildman–Crippen LogP) is 3.06. The summed E-state index contributed by atoms with van der Waals surface area (Å²) in [4.78, 5) is 7.29. The summed E-state index contributed by atoms with van der Waals surface area (Å²) >= 11 is 0. The third-order valence-electron chi connectivity index (χ3n) is 6.02. The Hall–Kier alpha value is -2.58. The Morgan fingerprint density at radius 2 is 2.08 bits per heavy atom. The summed E-state index contributed by atoms with van der Waals surface area (Å²) in [5.74, 6) is 1.78. The summed E-state index contributed by atoms with van der Waals surface area (Å²) in [7, 11) is 0. The summed E-state index contributed by atoms with van der Waals surface area (Å²) < 4.78 is 2.22. The van der Waals surface area contributed by atoms with Crippen molar-refractivity contribution >= 4 is 22.5 Å². The Labute approximate surface area is 152 Å². The highest BCUT2D eigenvalue weighted by Crippen LogP contribution is 2.39. The summed E-state index contributed by atoms with van der Waals surface area (Å²) in [6.07, 6.45) is 5.09. The van der Waals surface area contributed by atoms with Gasteiger partial charge in [-0.1, -0.05) is 12.1 Å². The number of benzene rings is 1. The fraction of sp³-hybridized carbons (Fsp3) is 0.429. The minimum absolute atomic E-state index is 0.257. The summed E-state index contributed by atoms with van der Waals surface area (Å²) in [6.45, 7) is 2.23. The van der Waals surface area contributed by atoms with Crippen molar-refractivity contribution < 1.29 is 5.11 Å². The van der Waals surface area contributed by atoms with Gasteiger partial charge in [0.25, 0.3) is 0 Å². The molecular formula is C21H22N4O. The number of fused-ring (bicyclic) bond motifs is 4. The number of hydrogen-bond donors (Lipinski definition) is 1. The lowest BCUT2D eigenvalue weighted by molar-refractivity contribution is 0.263. The number of nitrogens with zero attached hydrogens (tertiary/aromatic N) is 4. The molecule has 5 heteroatoms. The molecule has 0 amide bonds. The van der Waals surface area contributed by atoms with E-state index in [1.165, 1.54) is 16.9 Å². The monoisotopic (exact) mass is 346 g/mol. The van der Waals surface area contributed by atoms with Crippen molar-refractivity contribution in [3.63, 3.8) is 0 Å². The maximum atomic E-state index is 9.85. The van der Waals surface area contributed by atoms with Crippen LogP contribution in [0.15, 0.2) is 24.3 Å². The van der Waals surface area contributed by atoms with Crippen LogP contribution < -0.4 is 4.90 Å². The number of rotatable bonds is 3. The van der Waals surface area contributed by atoms with Crippen molar-refractivity contribution in [3.8, 4) is 6.07 Å². The highest BCUT2D eigenvalue weighted by atomic mass is 16.3. The second-order valence-electron chi connectivity index (χ2n) is 7.49. The van der Waals surface area contributed by atoms with Crippen LogP contribution in [0, 0.1) is 17.2 Å². The lowest BCUT2D eigenvalue weighted by atomic mass is 10.0. The Morgan fingerprint density at radius 3 is 2.92 bits per heavy atom. The smallest absolute Gasteiger partial charge is 0.157 e. The molecule has 5 rings (SSSR count). The van der Waals surface area contributed by atoms with Crippen LogP contribution in [0.2, 0.25) is 0 Å². The third-order valence-corrected chi connectivity index (χ3v) is 6.02. The molecule has 1 N–H and O–H groups in total. The van der Waals surface area contributed by atoms with Crippen LogP contribution in [0.1, 0.15) is 36.0 Å². The number of aliphatic hydroxyl groups excluding tert-OH is 1. The number of aliphatic hydroxyl groups is 1. The minimum atomic E-state index is 0.257. The molecule has 1 aliphatic heterocycles. The van der Waals surface area contributed by atoms with Gasteiger partial charge in [0.1, 0.15) is 11.9 Å². The topological polar surface area (TPSA) is 64.6 Å². The van der Waals surface area contributed by atoms with Gasteiger partial charge in [0.2, 0.25) is 0 Å². The average Bonchev–Trinajstić information content (AvgIpc) is 3.38. The van der Waals surface area contributed by atoms with E-state index in [4.69, 9.17) is 4.98 Å². The van der Waals surface area contributed by atoms with E-state index in [1.807, 2.05) is 18.2 Å². The van der Waals surface area contributed by atoms with Crippen molar-refractivity contribution in [2.75, 3.05) is 24.6 Å². The first-order valence-corrected chi connectivity index (χ1v) is 9.52. The Kier molecular flexibility index (Phi) is 3.61. The summed E-state index contributed by atoms with van der Waals surface area (Å²) in [6, 6.07) is 10.6. The number of anilines is 1. The Balaban J connectivity index is 1.81. The number of para-hydroxylation sites is 2. The van der Waals surface area contributed by atoms with Crippen molar-refractivity contribution in [2.24, 2.45) is 5.92 Å². The molecule has 0 radical (unpaired) electrons. The number of hydrogen-bond acceptors (Lipinski definition) is 4. The molecule has 0 spiro atoms. The van der Waals surface area contributed by atoms with Crippen LogP contribution in [0.3, 0.4) is 0 Å². The molecular weight excluding hydrogens is 324 g/mol. The van der Waals surface area contributed by atoms with E-state index in [2.05, 4.69) is 21.4 Å². The molecule has 1 unspecified atom stereocenters. The molecule has 1 aliphatic carbocycles. The molecule has 2 aromatic heterocycles. The number of imidazole rings is 1. The minimum Gasteiger partial charge on any atom is -0.396 e. The molecule has 1 aromatic carbocycles. The van der Waals surface area contributed by atoms with Gasteiger partial charge in [0, 0.05) is 19.7 Å². The fourth-order valence-corrected chi connectivity index (χ4v) is 4.84. The van der Waals surface area contributed by atoms with Crippen LogP contribution in [0.5, 0.6) is 0 Å². The molecule has 132 valence electrons. The average molecular weight is 346 g/mol. The largest absolute Gasteiger partial charge is 0.396 e. The van der Waals surface area contributed by atoms with Gasteiger partial charge < -0.3 is 10.0 Å². The predicted molar refractivity (Wildman–Crippen MR) is 101 cm³/mol. The molecule has 2 aliphatic rings. The molecule has 1 atom stereocenters. The lowest BCUT2D eigenvalue weighted by Crippen LogP contribution is -2.24. The molecule has 5 nitrogen and oxygen atoms in total. The van der Waals surface area contributed by atoms with E-state index in [0.29, 0.717) is 5.92 Å². The molecule has 0 bridgehead atoms. The quantitative estimate of drug-likeness (QED) is 0.792. The van der Waals surface area contributed by atoms with Gasteiger partial charge >= 0.3 is 0 Å². The van der Waals surface area contributed by atoms with E-state index >= 15 is 0 Å². The zero-order valence-electron chi connectivity index (χ0n) is 14.8. The van der Waals surface area contributed by atoms with Crippen LogP contribution in [0.4, 0.5) is 5.82 Å². The van der Waals surface area contributed by atoms with Crippen molar-refractivity contribution in [1.82, 2.24) is 9.38 Å². The molecule has 0 saturated carbocycles. The van der Waals surface area contributed by atoms with Crippen molar-refractivity contribution in [3.05, 3.63) is 41.0 Å². The maximum Gasteiger partial charge on any atom is 0.157 e. The first-order chi connectivity index (χ1) is 12.8. The van der Waals surface area contributed by atoms with Crippen LogP contribution in [-0.2, 0) is 12.8 Å². The molecule has 26 heavy (non-hydrogen) atoms. The Bertz CT molecular complexity index is 1050. The van der Waals surface area contributed by atoms with Gasteiger partial charge in [-0.2, -0.15) is 5.26 Å². The van der Waals surface area contributed by atoms with Crippen molar-refractivity contribution in [2.45, 2.75) is 32.1 Å². The number of aromatic nitrogens is 2. The van der Waals surface area contributed by atoms with Gasteiger partial charge in [0.15, 0.2) is 5.65 Å². The summed E-state index contributed by atoms with van der Waals surface area (Å²) in [5.41, 5.74) is 6.12. The van der Waals surface area contributed by atoms with Gasteiger partial charge in [-0.25, -0.2) is 4.98 Å². The molecule has 1 fully saturated rings. The maximum absolute atomic E-state index is 9.85.